The third kappa shape index (κ3) is 1.97. The van der Waals surface area contributed by atoms with Crippen molar-refractivity contribution >= 4 is 45.6 Å². The van der Waals surface area contributed by atoms with Crippen LogP contribution in [0, 0.1) is 0 Å². The number of halogens is 2. The van der Waals surface area contributed by atoms with Gasteiger partial charge in [-0.05, 0) is 22.2 Å². The van der Waals surface area contributed by atoms with E-state index in [2.05, 4.69) is 25.9 Å². The monoisotopic (exact) mass is 266 g/mol. The van der Waals surface area contributed by atoms with E-state index in [1.165, 1.54) is 11.8 Å². The molecule has 0 aliphatic carbocycles. The third-order valence-electron chi connectivity index (χ3n) is 1.13. The molecule has 12 heavy (non-hydrogen) atoms. The minimum absolute atomic E-state index is 0.177. The number of thioether (sulfide) groups is 1. The second-order valence-electron chi connectivity index (χ2n) is 1.82. The van der Waals surface area contributed by atoms with E-state index in [-0.39, 0.29) is 10.7 Å². The van der Waals surface area contributed by atoms with E-state index in [0.717, 1.165) is 0 Å². The van der Waals surface area contributed by atoms with Gasteiger partial charge in [-0.3, -0.25) is 4.79 Å². The smallest absolute Gasteiger partial charge is 0.189 e. The molecule has 0 aromatic carbocycles. The Morgan fingerprint density at radius 1 is 1.58 bits per heavy atom. The highest BCUT2D eigenvalue weighted by Gasteiger charge is 2.09. The molecule has 3 nitrogen and oxygen atoms in total. The van der Waals surface area contributed by atoms with Gasteiger partial charge < -0.3 is 0 Å². The summed E-state index contributed by atoms with van der Waals surface area (Å²) < 4.78 is 0.432. The molecule has 0 atom stereocenters. The zero-order chi connectivity index (χ0) is 9.14. The Labute approximate surface area is 87.1 Å². The lowest BCUT2D eigenvalue weighted by Crippen LogP contribution is -1.94. The SMILES string of the molecule is CSc1nc(Cl)c(C=O)c(Br)n1. The first kappa shape index (κ1) is 9.95. The first-order valence-corrected chi connectivity index (χ1v) is 5.30. The molecule has 1 aromatic rings. The summed E-state index contributed by atoms with van der Waals surface area (Å²) in [5.41, 5.74) is 0.287. The maximum atomic E-state index is 10.4. The van der Waals surface area contributed by atoms with E-state index in [9.17, 15) is 4.79 Å². The Morgan fingerprint density at radius 3 is 2.67 bits per heavy atom. The molecule has 0 unspecified atom stereocenters. The molecule has 0 amide bonds. The van der Waals surface area contributed by atoms with Crippen LogP contribution >= 0.6 is 39.3 Å². The molecule has 0 aliphatic rings. The van der Waals surface area contributed by atoms with Gasteiger partial charge in [0.25, 0.3) is 0 Å². The summed E-state index contributed by atoms with van der Waals surface area (Å²) in [6.07, 6.45) is 2.45. The highest BCUT2D eigenvalue weighted by atomic mass is 79.9. The summed E-state index contributed by atoms with van der Waals surface area (Å²) in [7, 11) is 0. The van der Waals surface area contributed by atoms with Crippen molar-refractivity contribution in [3.05, 3.63) is 15.3 Å². The Kier molecular flexibility index (Phi) is 3.49. The zero-order valence-electron chi connectivity index (χ0n) is 6.04. The maximum absolute atomic E-state index is 10.4. The van der Waals surface area contributed by atoms with Gasteiger partial charge in [0, 0.05) is 0 Å². The van der Waals surface area contributed by atoms with Crippen molar-refractivity contribution in [1.82, 2.24) is 9.97 Å². The van der Waals surface area contributed by atoms with Crippen LogP contribution in [0.1, 0.15) is 10.4 Å². The minimum Gasteiger partial charge on any atom is -0.298 e. The molecule has 0 bridgehead atoms. The lowest BCUT2D eigenvalue weighted by atomic mass is 10.4. The quantitative estimate of drug-likeness (QED) is 0.357. The molecule has 0 radical (unpaired) electrons. The average molecular weight is 268 g/mol. The summed E-state index contributed by atoms with van der Waals surface area (Å²) in [4.78, 5) is 18.3. The van der Waals surface area contributed by atoms with Gasteiger partial charge in [0.15, 0.2) is 11.4 Å². The van der Waals surface area contributed by atoms with Crippen LogP contribution in [0.15, 0.2) is 9.76 Å². The fourth-order valence-electron chi connectivity index (χ4n) is 0.587. The van der Waals surface area contributed by atoms with Crippen LogP contribution in [0.25, 0.3) is 0 Å². The van der Waals surface area contributed by atoms with Gasteiger partial charge in [0.1, 0.15) is 9.76 Å². The summed E-state index contributed by atoms with van der Waals surface area (Å²) in [6.45, 7) is 0. The first-order valence-electron chi connectivity index (χ1n) is 2.91. The Balaban J connectivity index is 3.27. The van der Waals surface area contributed by atoms with Gasteiger partial charge in [0.05, 0.1) is 5.56 Å². The number of hydrogen-bond acceptors (Lipinski definition) is 4. The van der Waals surface area contributed by atoms with Crippen molar-refractivity contribution in [3.8, 4) is 0 Å². The second-order valence-corrected chi connectivity index (χ2v) is 3.71. The van der Waals surface area contributed by atoms with E-state index < -0.39 is 0 Å². The number of rotatable bonds is 2. The topological polar surface area (TPSA) is 42.9 Å². The van der Waals surface area contributed by atoms with Crippen LogP contribution in [-0.4, -0.2) is 22.5 Å². The van der Waals surface area contributed by atoms with Crippen LogP contribution in [0.2, 0.25) is 5.15 Å². The number of nitrogens with zero attached hydrogens (tertiary/aromatic N) is 2. The highest BCUT2D eigenvalue weighted by Crippen LogP contribution is 2.22. The predicted molar refractivity (Wildman–Crippen MR) is 51.9 cm³/mol. The molecule has 1 aromatic heterocycles. The van der Waals surface area contributed by atoms with E-state index in [4.69, 9.17) is 11.6 Å². The molecule has 0 saturated carbocycles. The fourth-order valence-corrected chi connectivity index (χ4v) is 1.90. The number of aromatic nitrogens is 2. The van der Waals surface area contributed by atoms with Gasteiger partial charge in [-0.2, -0.15) is 0 Å². The maximum Gasteiger partial charge on any atom is 0.189 e. The molecule has 6 heteroatoms. The lowest BCUT2D eigenvalue weighted by molar-refractivity contribution is 0.112. The Bertz CT molecular complexity index is 297. The second kappa shape index (κ2) is 4.20. The zero-order valence-corrected chi connectivity index (χ0v) is 9.20. The standard InChI is InChI=1S/C6H4BrClN2OS/c1-12-6-9-4(7)3(2-11)5(8)10-6/h2H,1H3. The van der Waals surface area contributed by atoms with Crippen LogP contribution < -0.4 is 0 Å². The molecule has 1 heterocycles. The van der Waals surface area contributed by atoms with Gasteiger partial charge in [-0.1, -0.05) is 23.4 Å². The normalized spacial score (nSPS) is 9.92. The summed E-state index contributed by atoms with van der Waals surface area (Å²) in [5, 5.41) is 0.716. The van der Waals surface area contributed by atoms with Gasteiger partial charge in [-0.15, -0.1) is 0 Å². The van der Waals surface area contributed by atoms with Crippen LogP contribution in [0.4, 0.5) is 0 Å². The number of aldehydes is 1. The van der Waals surface area contributed by atoms with Gasteiger partial charge >= 0.3 is 0 Å². The molecule has 1 rings (SSSR count). The largest absolute Gasteiger partial charge is 0.298 e. The van der Waals surface area contributed by atoms with Crippen LogP contribution in [0.5, 0.6) is 0 Å². The number of hydrogen-bond donors (Lipinski definition) is 0. The first-order chi connectivity index (χ1) is 5.69. The predicted octanol–water partition coefficient (Wildman–Crippen LogP) is 2.43. The molecular formula is C6H4BrClN2OS. The van der Waals surface area contributed by atoms with Crippen molar-refractivity contribution < 1.29 is 4.79 Å². The van der Waals surface area contributed by atoms with E-state index in [1.54, 1.807) is 0 Å². The van der Waals surface area contributed by atoms with E-state index in [0.29, 0.717) is 16.0 Å². The molecule has 0 N–H and O–H groups in total. The molecule has 64 valence electrons. The third-order valence-corrected chi connectivity index (χ3v) is 2.57. The summed E-state index contributed by atoms with van der Waals surface area (Å²) in [5.74, 6) is 0. The summed E-state index contributed by atoms with van der Waals surface area (Å²) in [6, 6.07) is 0. The van der Waals surface area contributed by atoms with Crippen molar-refractivity contribution in [3.63, 3.8) is 0 Å². The molecule has 0 spiro atoms. The van der Waals surface area contributed by atoms with Crippen molar-refractivity contribution in [2.24, 2.45) is 0 Å². The van der Waals surface area contributed by atoms with Crippen molar-refractivity contribution in [2.75, 3.05) is 6.26 Å². The Morgan fingerprint density at radius 2 is 2.25 bits per heavy atom. The average Bonchev–Trinajstić information content (AvgIpc) is 2.03. The minimum atomic E-state index is 0.177. The van der Waals surface area contributed by atoms with E-state index in [1.807, 2.05) is 6.26 Å². The Hall–Kier alpha value is -0.130. The molecule has 0 fully saturated rings. The highest BCUT2D eigenvalue weighted by molar-refractivity contribution is 9.10. The fraction of sp³-hybridized carbons (Fsp3) is 0.167. The van der Waals surface area contributed by atoms with Crippen molar-refractivity contribution in [1.29, 1.82) is 0 Å². The molecular weight excluding hydrogens is 264 g/mol. The lowest BCUT2D eigenvalue weighted by Gasteiger charge is -2.00. The molecule has 0 aliphatic heterocycles. The van der Waals surface area contributed by atoms with Gasteiger partial charge in [0.2, 0.25) is 0 Å². The number of carbonyl (C=O) groups excluding carboxylic acids is 1. The summed E-state index contributed by atoms with van der Waals surface area (Å²) >= 11 is 10.2. The number of carbonyl (C=O) groups is 1. The molecule has 0 saturated heterocycles. The van der Waals surface area contributed by atoms with Crippen molar-refractivity contribution in [2.45, 2.75) is 5.16 Å². The van der Waals surface area contributed by atoms with Crippen LogP contribution in [0.3, 0.4) is 0 Å². The van der Waals surface area contributed by atoms with E-state index >= 15 is 0 Å². The van der Waals surface area contributed by atoms with Crippen LogP contribution in [-0.2, 0) is 0 Å². The van der Waals surface area contributed by atoms with Gasteiger partial charge in [-0.25, -0.2) is 9.97 Å².